The summed E-state index contributed by atoms with van der Waals surface area (Å²) in [6.45, 7) is 14.7. The van der Waals surface area contributed by atoms with Gasteiger partial charge in [-0.1, -0.05) is 34.6 Å². The van der Waals surface area contributed by atoms with E-state index in [-0.39, 0.29) is 10.8 Å². The van der Waals surface area contributed by atoms with Crippen molar-refractivity contribution in [2.75, 3.05) is 20.2 Å². The van der Waals surface area contributed by atoms with Crippen LogP contribution in [0.15, 0.2) is 0 Å². The van der Waals surface area contributed by atoms with Crippen molar-refractivity contribution in [3.05, 3.63) is 0 Å². The Morgan fingerprint density at radius 3 is 1.81 bits per heavy atom. The number of aliphatic hydroxyl groups is 1. The van der Waals surface area contributed by atoms with Gasteiger partial charge in [0.25, 0.3) is 0 Å². The highest BCUT2D eigenvalue weighted by Crippen LogP contribution is 2.30. The largest absolute Gasteiger partial charge is 0.396 e. The minimum Gasteiger partial charge on any atom is -0.396 e. The minimum atomic E-state index is 0.0776. The molecule has 2 nitrogen and oxygen atoms in total. The van der Waals surface area contributed by atoms with Gasteiger partial charge in [-0.3, -0.25) is 0 Å². The van der Waals surface area contributed by atoms with Crippen LogP contribution in [0.1, 0.15) is 54.4 Å². The Hall–Kier alpha value is -0.0800. The molecule has 1 N–H and O–H groups in total. The number of rotatable bonds is 6. The maximum atomic E-state index is 9.58. The van der Waals surface area contributed by atoms with Crippen LogP contribution in [0.2, 0.25) is 0 Å². The average molecular weight is 229 g/mol. The van der Waals surface area contributed by atoms with Gasteiger partial charge in [-0.05, 0) is 32.2 Å². The number of aliphatic hydroxyl groups excluding tert-OH is 1. The molecule has 0 aliphatic heterocycles. The predicted molar refractivity (Wildman–Crippen MR) is 71.6 cm³/mol. The first-order chi connectivity index (χ1) is 7.22. The van der Waals surface area contributed by atoms with Crippen LogP contribution >= 0.6 is 0 Å². The third kappa shape index (κ3) is 4.06. The molecule has 0 bridgehead atoms. The molecule has 0 aromatic rings. The second-order valence-corrected chi connectivity index (χ2v) is 6.32. The Bertz CT molecular complexity index is 183. The van der Waals surface area contributed by atoms with Gasteiger partial charge in [0.15, 0.2) is 0 Å². The molecule has 0 aliphatic rings. The summed E-state index contributed by atoms with van der Waals surface area (Å²) < 4.78 is 0. The molecule has 2 heteroatoms. The lowest BCUT2D eigenvalue weighted by Gasteiger charge is -2.41. The van der Waals surface area contributed by atoms with E-state index in [2.05, 4.69) is 53.5 Å². The molecule has 0 heterocycles. The fourth-order valence-electron chi connectivity index (χ4n) is 2.07. The molecule has 1 atom stereocenters. The second-order valence-electron chi connectivity index (χ2n) is 6.32. The van der Waals surface area contributed by atoms with Crippen LogP contribution in [0.4, 0.5) is 0 Å². The van der Waals surface area contributed by atoms with Gasteiger partial charge in [-0.15, -0.1) is 0 Å². The van der Waals surface area contributed by atoms with E-state index in [1.165, 1.54) is 0 Å². The van der Waals surface area contributed by atoms with Gasteiger partial charge in [0.1, 0.15) is 0 Å². The monoisotopic (exact) mass is 229 g/mol. The highest BCUT2D eigenvalue weighted by molar-refractivity contribution is 4.84. The van der Waals surface area contributed by atoms with E-state index in [4.69, 9.17) is 0 Å². The topological polar surface area (TPSA) is 23.5 Å². The van der Waals surface area contributed by atoms with Crippen molar-refractivity contribution >= 4 is 0 Å². The van der Waals surface area contributed by atoms with E-state index >= 15 is 0 Å². The molecule has 0 radical (unpaired) electrons. The van der Waals surface area contributed by atoms with E-state index in [1.54, 1.807) is 0 Å². The van der Waals surface area contributed by atoms with Gasteiger partial charge in [-0.25, -0.2) is 0 Å². The Morgan fingerprint density at radius 2 is 1.56 bits per heavy atom. The van der Waals surface area contributed by atoms with Crippen molar-refractivity contribution in [1.82, 2.24) is 4.90 Å². The Balaban J connectivity index is 4.58. The lowest BCUT2D eigenvalue weighted by atomic mass is 9.80. The lowest BCUT2D eigenvalue weighted by molar-refractivity contribution is 0.0382. The molecule has 0 aliphatic carbocycles. The van der Waals surface area contributed by atoms with Crippen LogP contribution in [0.25, 0.3) is 0 Å². The summed E-state index contributed by atoms with van der Waals surface area (Å²) in [5.74, 6) is 0. The molecule has 98 valence electrons. The van der Waals surface area contributed by atoms with E-state index in [0.717, 1.165) is 19.4 Å². The normalized spacial score (nSPS) is 15.6. The summed E-state index contributed by atoms with van der Waals surface area (Å²) >= 11 is 0. The van der Waals surface area contributed by atoms with Gasteiger partial charge >= 0.3 is 0 Å². The smallest absolute Gasteiger partial charge is 0.0499 e. The summed E-state index contributed by atoms with van der Waals surface area (Å²) in [5, 5.41) is 9.58. The van der Waals surface area contributed by atoms with Gasteiger partial charge in [0, 0.05) is 24.6 Å². The third-order valence-corrected chi connectivity index (χ3v) is 4.33. The maximum absolute atomic E-state index is 9.58. The van der Waals surface area contributed by atoms with Crippen molar-refractivity contribution in [3.8, 4) is 0 Å². The molecule has 0 aromatic carbocycles. The standard InChI is InChI=1S/C14H31NO/c1-8-14(9-2,11-16)10-15(7)12(3)13(4,5)6/h12,16H,8-11H2,1-7H3. The summed E-state index contributed by atoms with van der Waals surface area (Å²) in [6, 6.07) is 0.525. The molecule has 0 amide bonds. The predicted octanol–water partition coefficient (Wildman–Crippen LogP) is 3.15. The lowest BCUT2D eigenvalue weighted by Crippen LogP contribution is -2.46. The van der Waals surface area contributed by atoms with Crippen LogP contribution in [0.3, 0.4) is 0 Å². The zero-order valence-electron chi connectivity index (χ0n) is 12.3. The Morgan fingerprint density at radius 1 is 1.12 bits per heavy atom. The summed E-state index contributed by atoms with van der Waals surface area (Å²) in [4.78, 5) is 2.39. The quantitative estimate of drug-likeness (QED) is 0.756. The van der Waals surface area contributed by atoms with Gasteiger partial charge in [-0.2, -0.15) is 0 Å². The van der Waals surface area contributed by atoms with Crippen molar-refractivity contribution < 1.29 is 5.11 Å². The molecule has 0 saturated heterocycles. The fourth-order valence-corrected chi connectivity index (χ4v) is 2.07. The summed E-state index contributed by atoms with van der Waals surface area (Å²) in [6.07, 6.45) is 2.09. The number of nitrogens with zero attached hydrogens (tertiary/aromatic N) is 1. The van der Waals surface area contributed by atoms with Crippen LogP contribution in [0, 0.1) is 10.8 Å². The van der Waals surface area contributed by atoms with Crippen LogP contribution in [0.5, 0.6) is 0 Å². The molecule has 0 saturated carbocycles. The van der Waals surface area contributed by atoms with Gasteiger partial charge in [0.05, 0.1) is 0 Å². The average Bonchev–Trinajstić information content (AvgIpc) is 2.23. The van der Waals surface area contributed by atoms with E-state index < -0.39 is 0 Å². The third-order valence-electron chi connectivity index (χ3n) is 4.33. The summed E-state index contributed by atoms with van der Waals surface area (Å²) in [7, 11) is 2.17. The molecule has 0 spiro atoms. The fraction of sp³-hybridized carbons (Fsp3) is 1.00. The Kier molecular flexibility index (Phi) is 5.99. The summed E-state index contributed by atoms with van der Waals surface area (Å²) in [5.41, 5.74) is 0.367. The molecule has 0 fully saturated rings. The number of hydrogen-bond donors (Lipinski definition) is 1. The molecule has 0 aromatic heterocycles. The molecule has 1 unspecified atom stereocenters. The molecule has 0 rings (SSSR count). The second kappa shape index (κ2) is 6.02. The van der Waals surface area contributed by atoms with Crippen LogP contribution in [-0.2, 0) is 0 Å². The van der Waals surface area contributed by atoms with E-state index in [1.807, 2.05) is 0 Å². The maximum Gasteiger partial charge on any atom is 0.0499 e. The van der Waals surface area contributed by atoms with Crippen LogP contribution in [-0.4, -0.2) is 36.2 Å². The van der Waals surface area contributed by atoms with Gasteiger partial charge < -0.3 is 10.0 Å². The zero-order valence-corrected chi connectivity index (χ0v) is 12.3. The zero-order chi connectivity index (χ0) is 13.0. The molecule has 16 heavy (non-hydrogen) atoms. The number of hydrogen-bond acceptors (Lipinski definition) is 2. The van der Waals surface area contributed by atoms with Crippen molar-refractivity contribution in [3.63, 3.8) is 0 Å². The highest BCUT2D eigenvalue weighted by atomic mass is 16.3. The minimum absolute atomic E-state index is 0.0776. The molecular formula is C14H31NO. The van der Waals surface area contributed by atoms with Crippen molar-refractivity contribution in [2.45, 2.75) is 60.4 Å². The molecular weight excluding hydrogens is 198 g/mol. The van der Waals surface area contributed by atoms with Crippen molar-refractivity contribution in [1.29, 1.82) is 0 Å². The van der Waals surface area contributed by atoms with E-state index in [9.17, 15) is 5.11 Å². The van der Waals surface area contributed by atoms with Crippen molar-refractivity contribution in [2.24, 2.45) is 10.8 Å². The first kappa shape index (κ1) is 15.9. The Labute approximate surface area is 102 Å². The first-order valence-electron chi connectivity index (χ1n) is 6.53. The highest BCUT2D eigenvalue weighted by Gasteiger charge is 2.31. The van der Waals surface area contributed by atoms with Crippen LogP contribution < -0.4 is 0 Å². The van der Waals surface area contributed by atoms with E-state index in [0.29, 0.717) is 12.6 Å². The van der Waals surface area contributed by atoms with Gasteiger partial charge in [0.2, 0.25) is 0 Å². The first-order valence-corrected chi connectivity index (χ1v) is 6.53. The SMILES string of the molecule is CCC(CC)(CO)CN(C)C(C)C(C)(C)C.